The zero-order chi connectivity index (χ0) is 21.5. The summed E-state index contributed by atoms with van der Waals surface area (Å²) >= 11 is 0. The van der Waals surface area contributed by atoms with Crippen molar-refractivity contribution in [1.82, 2.24) is 15.0 Å². The minimum atomic E-state index is -4.04. The first-order valence-corrected chi connectivity index (χ1v) is 11.6. The second-order valence-electron chi connectivity index (χ2n) is 7.87. The first-order valence-electron chi connectivity index (χ1n) is 10.1. The maximum absolute atomic E-state index is 13.3. The fourth-order valence-corrected chi connectivity index (χ4v) is 5.09. The van der Waals surface area contributed by atoms with Gasteiger partial charge in [-0.15, -0.1) is 0 Å². The first kappa shape index (κ1) is 20.5. The molecule has 9 nitrogen and oxygen atoms in total. The van der Waals surface area contributed by atoms with Crippen molar-refractivity contribution in [3.63, 3.8) is 0 Å². The summed E-state index contributed by atoms with van der Waals surface area (Å²) in [6.07, 6.45) is 2.31. The highest BCUT2D eigenvalue weighted by Gasteiger charge is 2.40. The third kappa shape index (κ3) is 3.71. The summed E-state index contributed by atoms with van der Waals surface area (Å²) < 4.78 is 31.8. The Morgan fingerprint density at radius 3 is 2.67 bits per heavy atom. The van der Waals surface area contributed by atoms with Crippen LogP contribution in [0.15, 0.2) is 32.7 Å². The molecule has 0 radical (unpaired) electrons. The Morgan fingerprint density at radius 2 is 2.00 bits per heavy atom. The molecule has 3 heterocycles. The lowest BCUT2D eigenvalue weighted by molar-refractivity contribution is -0.125. The van der Waals surface area contributed by atoms with Crippen LogP contribution in [0.4, 0.5) is 5.69 Å². The van der Waals surface area contributed by atoms with Crippen LogP contribution in [0.2, 0.25) is 0 Å². The molecule has 1 fully saturated rings. The van der Waals surface area contributed by atoms with Crippen molar-refractivity contribution >= 4 is 26.5 Å². The molecule has 160 valence electrons. The van der Waals surface area contributed by atoms with Gasteiger partial charge in [-0.25, -0.2) is 8.42 Å². The van der Waals surface area contributed by atoms with Gasteiger partial charge < -0.3 is 9.42 Å². The number of likely N-dealkylation sites (tertiary alicyclic amines) is 1. The van der Waals surface area contributed by atoms with Gasteiger partial charge in [-0.3, -0.25) is 9.80 Å². The lowest BCUT2D eigenvalue weighted by atomic mass is 9.99. The van der Waals surface area contributed by atoms with Crippen LogP contribution < -0.4 is 5.01 Å². The Labute approximate surface area is 175 Å². The molecule has 1 amide bonds. The van der Waals surface area contributed by atoms with E-state index in [2.05, 4.69) is 22.2 Å². The summed E-state index contributed by atoms with van der Waals surface area (Å²) in [5, 5.41) is 9.18. The highest BCUT2D eigenvalue weighted by Crippen LogP contribution is 2.34. The molecule has 0 N–H and O–H groups in total. The fraction of sp³-hybridized carbons (Fsp3) is 0.500. The number of anilines is 1. The summed E-state index contributed by atoms with van der Waals surface area (Å²) in [5.41, 5.74) is 1.28. The lowest BCUT2D eigenvalue weighted by Crippen LogP contribution is -2.46. The second-order valence-corrected chi connectivity index (χ2v) is 9.70. The van der Waals surface area contributed by atoms with E-state index in [9.17, 15) is 13.2 Å². The van der Waals surface area contributed by atoms with Crippen molar-refractivity contribution in [2.75, 3.05) is 18.1 Å². The minimum absolute atomic E-state index is 0.0621. The normalized spacial score (nSPS) is 18.8. The molecule has 0 bridgehead atoms. The van der Waals surface area contributed by atoms with Gasteiger partial charge in [-0.05, 0) is 43.4 Å². The van der Waals surface area contributed by atoms with E-state index in [-0.39, 0.29) is 11.4 Å². The number of piperidine rings is 1. The number of benzene rings is 1. The van der Waals surface area contributed by atoms with Crippen molar-refractivity contribution in [3.8, 4) is 0 Å². The van der Waals surface area contributed by atoms with Crippen LogP contribution in [0.5, 0.6) is 0 Å². The van der Waals surface area contributed by atoms with E-state index in [1.807, 2.05) is 13.8 Å². The maximum Gasteiger partial charge on any atom is 0.286 e. The first-order chi connectivity index (χ1) is 14.3. The van der Waals surface area contributed by atoms with E-state index < -0.39 is 20.8 Å². The topological polar surface area (TPSA) is 109 Å². The summed E-state index contributed by atoms with van der Waals surface area (Å²) in [7, 11) is -4.04. The Bertz CT molecular complexity index is 1100. The third-order valence-corrected chi connectivity index (χ3v) is 7.20. The van der Waals surface area contributed by atoms with Crippen molar-refractivity contribution < 1.29 is 17.7 Å². The van der Waals surface area contributed by atoms with E-state index in [0.717, 1.165) is 18.4 Å². The molecule has 0 atom stereocenters. The van der Waals surface area contributed by atoms with Gasteiger partial charge in [0.25, 0.3) is 5.91 Å². The van der Waals surface area contributed by atoms with Gasteiger partial charge in [-0.2, -0.15) is 10.1 Å². The molecule has 0 saturated carbocycles. The second kappa shape index (κ2) is 7.82. The van der Waals surface area contributed by atoms with E-state index >= 15 is 0 Å². The number of amides is 1. The molecule has 0 aliphatic carbocycles. The molecule has 4 rings (SSSR count). The third-order valence-electron chi connectivity index (χ3n) is 5.51. The number of rotatable bonds is 4. The van der Waals surface area contributed by atoms with Crippen molar-refractivity contribution in [1.29, 1.82) is 0 Å². The van der Waals surface area contributed by atoms with Gasteiger partial charge in [0.2, 0.25) is 20.8 Å². The Balaban J connectivity index is 1.74. The van der Waals surface area contributed by atoms with Crippen molar-refractivity contribution in [2.24, 2.45) is 11.0 Å². The predicted octanol–water partition coefficient (Wildman–Crippen LogP) is 2.31. The number of hydrogen-bond donors (Lipinski definition) is 0. The smallest absolute Gasteiger partial charge is 0.286 e. The SMILES string of the molecule is CCc1noc(CN2N=C(C(=O)N3CCC(C)CC3)S(=O)(=O)c3ccc(C)cc32)n1. The standard InChI is InChI=1S/C20H25N5O4S/c1-4-17-21-18(29-23-17)12-25-15-11-14(3)5-6-16(15)30(27,28)19(22-25)20(26)24-9-7-13(2)8-10-24/h5-6,11,13H,4,7-10,12H2,1-3H3. The number of carbonyl (C=O) groups is 1. The van der Waals surface area contributed by atoms with Crippen LogP contribution in [0.1, 0.15) is 44.0 Å². The monoisotopic (exact) mass is 431 g/mol. The largest absolute Gasteiger partial charge is 0.337 e. The fourth-order valence-electron chi connectivity index (χ4n) is 3.63. The van der Waals surface area contributed by atoms with Crippen LogP contribution in [-0.2, 0) is 27.6 Å². The lowest BCUT2D eigenvalue weighted by Gasteiger charge is -2.32. The van der Waals surface area contributed by atoms with Crippen molar-refractivity contribution in [2.45, 2.75) is 51.5 Å². The molecule has 2 aliphatic rings. The number of nitrogens with zero attached hydrogens (tertiary/aromatic N) is 5. The molecule has 2 aromatic rings. The van der Waals surface area contributed by atoms with Crippen LogP contribution in [0, 0.1) is 12.8 Å². The Hall–Kier alpha value is -2.75. The number of carbonyl (C=O) groups excluding carboxylic acids is 1. The van der Waals surface area contributed by atoms with Crippen molar-refractivity contribution in [3.05, 3.63) is 35.5 Å². The number of hydrogen-bond acceptors (Lipinski definition) is 8. The molecule has 0 unspecified atom stereocenters. The Kier molecular flexibility index (Phi) is 5.35. The molecular weight excluding hydrogens is 406 g/mol. The van der Waals surface area contributed by atoms with Gasteiger partial charge in [0.15, 0.2) is 5.82 Å². The molecule has 1 aromatic heterocycles. The van der Waals surface area contributed by atoms with Crippen LogP contribution in [0.3, 0.4) is 0 Å². The predicted molar refractivity (Wildman–Crippen MR) is 111 cm³/mol. The maximum atomic E-state index is 13.3. The molecule has 1 saturated heterocycles. The zero-order valence-corrected chi connectivity index (χ0v) is 18.1. The number of fused-ring (bicyclic) bond motifs is 1. The van der Waals surface area contributed by atoms with E-state index in [4.69, 9.17) is 4.52 Å². The van der Waals surface area contributed by atoms with Crippen LogP contribution in [0.25, 0.3) is 0 Å². The van der Waals surface area contributed by atoms with Crippen LogP contribution >= 0.6 is 0 Å². The average molecular weight is 432 g/mol. The quantitative estimate of drug-likeness (QED) is 0.731. The number of hydrazone groups is 1. The summed E-state index contributed by atoms with van der Waals surface area (Å²) in [5.74, 6) is 0.824. The molecule has 10 heteroatoms. The van der Waals surface area contributed by atoms with Gasteiger partial charge in [-0.1, -0.05) is 25.1 Å². The molecule has 0 spiro atoms. The van der Waals surface area contributed by atoms with Gasteiger partial charge >= 0.3 is 0 Å². The van der Waals surface area contributed by atoms with Gasteiger partial charge in [0.1, 0.15) is 6.54 Å². The highest BCUT2D eigenvalue weighted by atomic mass is 32.2. The summed E-state index contributed by atoms with van der Waals surface area (Å²) in [6.45, 7) is 7.04. The molecule has 2 aliphatic heterocycles. The van der Waals surface area contributed by atoms with Gasteiger partial charge in [0.05, 0.1) is 10.6 Å². The van der Waals surface area contributed by atoms with Crippen LogP contribution in [-0.4, -0.2) is 47.5 Å². The molecule has 30 heavy (non-hydrogen) atoms. The summed E-state index contributed by atoms with van der Waals surface area (Å²) in [6, 6.07) is 4.97. The highest BCUT2D eigenvalue weighted by molar-refractivity contribution is 8.08. The molecule has 1 aromatic carbocycles. The van der Waals surface area contributed by atoms with E-state index in [1.54, 1.807) is 17.0 Å². The average Bonchev–Trinajstić information content (AvgIpc) is 3.17. The Morgan fingerprint density at radius 1 is 1.27 bits per heavy atom. The number of aromatic nitrogens is 2. The minimum Gasteiger partial charge on any atom is -0.337 e. The van der Waals surface area contributed by atoms with Gasteiger partial charge in [0, 0.05) is 19.5 Å². The van der Waals surface area contributed by atoms with E-state index in [1.165, 1.54) is 11.1 Å². The zero-order valence-electron chi connectivity index (χ0n) is 17.3. The number of sulfone groups is 1. The number of aryl methyl sites for hydroxylation is 2. The van der Waals surface area contributed by atoms with E-state index in [0.29, 0.717) is 42.8 Å². The molecular formula is C20H25N5O4S. The summed E-state index contributed by atoms with van der Waals surface area (Å²) in [4.78, 5) is 19.1.